The summed E-state index contributed by atoms with van der Waals surface area (Å²) < 4.78 is 5.80. The highest BCUT2D eigenvalue weighted by Crippen LogP contribution is 2.20. The fraction of sp³-hybridized carbons (Fsp3) is 0.519. The van der Waals surface area contributed by atoms with Crippen molar-refractivity contribution in [2.75, 3.05) is 6.61 Å². The number of nitrogens with one attached hydrogen (secondary N) is 1. The minimum absolute atomic E-state index is 0.788. The van der Waals surface area contributed by atoms with Gasteiger partial charge < -0.3 is 4.74 Å². The van der Waals surface area contributed by atoms with Crippen molar-refractivity contribution in [3.63, 3.8) is 0 Å². The van der Waals surface area contributed by atoms with Crippen LogP contribution in [0.1, 0.15) is 83.6 Å². The number of rotatable bonds is 14. The maximum Gasteiger partial charge on any atom is 0.159 e. The smallest absolute Gasteiger partial charge is 0.159 e. The summed E-state index contributed by atoms with van der Waals surface area (Å²) in [5.41, 5.74) is 2.28. The number of hydrogen-bond acceptors (Lipinski definition) is 4. The molecule has 0 saturated heterocycles. The van der Waals surface area contributed by atoms with Crippen LogP contribution in [0.4, 0.5) is 0 Å². The molecule has 32 heavy (non-hydrogen) atoms. The van der Waals surface area contributed by atoms with Gasteiger partial charge in [0.2, 0.25) is 0 Å². The third-order valence-corrected chi connectivity index (χ3v) is 5.31. The average molecular weight is 437 g/mol. The Labute approximate surface area is 194 Å². The zero-order chi connectivity index (χ0) is 22.7. The molecule has 5 heteroatoms. The van der Waals surface area contributed by atoms with Crippen molar-refractivity contribution >= 4 is 0 Å². The van der Waals surface area contributed by atoms with Crippen LogP contribution in [0, 0.1) is 0 Å². The molecule has 0 amide bonds. The molecular formula is C27H40N4O. The number of ether oxygens (including phenoxy) is 1. The first kappa shape index (κ1) is 25.6. The number of hydrogen-bond donors (Lipinski definition) is 1. The molecule has 0 bridgehead atoms. The van der Waals surface area contributed by atoms with Gasteiger partial charge >= 0.3 is 0 Å². The quantitative estimate of drug-likeness (QED) is 0.267. The van der Waals surface area contributed by atoms with Crippen LogP contribution >= 0.6 is 0 Å². The van der Waals surface area contributed by atoms with E-state index in [0.29, 0.717) is 0 Å². The molecule has 0 spiro atoms. The van der Waals surface area contributed by atoms with Gasteiger partial charge in [0.15, 0.2) is 5.82 Å². The first-order valence-corrected chi connectivity index (χ1v) is 12.3. The van der Waals surface area contributed by atoms with E-state index in [-0.39, 0.29) is 0 Å². The predicted octanol–water partition coefficient (Wildman–Crippen LogP) is 7.42. The van der Waals surface area contributed by atoms with Crippen molar-refractivity contribution < 1.29 is 4.74 Å². The van der Waals surface area contributed by atoms with E-state index in [0.717, 1.165) is 36.6 Å². The largest absolute Gasteiger partial charge is 0.494 e. The Morgan fingerprint density at radius 3 is 2.03 bits per heavy atom. The van der Waals surface area contributed by atoms with E-state index in [1.54, 1.807) is 12.4 Å². The first-order chi connectivity index (χ1) is 15.8. The highest BCUT2D eigenvalue weighted by molar-refractivity contribution is 5.55. The zero-order valence-electron chi connectivity index (χ0n) is 19.9. The number of aryl methyl sites for hydroxylation is 1. The molecule has 0 radical (unpaired) electrons. The highest BCUT2D eigenvalue weighted by Gasteiger charge is 2.03. The van der Waals surface area contributed by atoms with E-state index in [2.05, 4.69) is 34.0 Å². The summed E-state index contributed by atoms with van der Waals surface area (Å²) >= 11 is 0. The molecule has 2 aromatic heterocycles. The molecule has 0 aliphatic heterocycles. The molecular weight excluding hydrogens is 396 g/mol. The Hall–Kier alpha value is -2.69. The molecule has 5 nitrogen and oxygen atoms in total. The van der Waals surface area contributed by atoms with Crippen molar-refractivity contribution in [1.29, 1.82) is 0 Å². The van der Waals surface area contributed by atoms with Gasteiger partial charge in [0.05, 0.1) is 6.61 Å². The number of H-pyrrole nitrogens is 1. The highest BCUT2D eigenvalue weighted by atomic mass is 16.5. The summed E-state index contributed by atoms with van der Waals surface area (Å²) in [6, 6.07) is 9.96. The van der Waals surface area contributed by atoms with Gasteiger partial charge in [-0.25, -0.2) is 9.97 Å². The van der Waals surface area contributed by atoms with Crippen LogP contribution < -0.4 is 4.74 Å². The lowest BCUT2D eigenvalue weighted by Crippen LogP contribution is -1.97. The van der Waals surface area contributed by atoms with Gasteiger partial charge in [0, 0.05) is 30.4 Å². The maximum absolute atomic E-state index is 5.80. The first-order valence-electron chi connectivity index (χ1n) is 12.3. The summed E-state index contributed by atoms with van der Waals surface area (Å²) in [7, 11) is 0. The van der Waals surface area contributed by atoms with Crippen molar-refractivity contribution in [1.82, 2.24) is 20.2 Å². The number of unbranched alkanes of at least 4 members (excludes halogenated alkanes) is 8. The lowest BCUT2D eigenvalue weighted by molar-refractivity contribution is 0.305. The Balaban J connectivity index is 0.000000636. The van der Waals surface area contributed by atoms with Crippen LogP contribution in [-0.4, -0.2) is 26.8 Å². The van der Waals surface area contributed by atoms with Gasteiger partial charge in [0.25, 0.3) is 0 Å². The molecule has 0 unspecified atom stereocenters. The zero-order valence-corrected chi connectivity index (χ0v) is 19.9. The number of aromatic nitrogens is 4. The second-order valence-corrected chi connectivity index (χ2v) is 8.13. The molecule has 3 aromatic rings. The average Bonchev–Trinajstić information content (AvgIpc) is 3.43. The van der Waals surface area contributed by atoms with Gasteiger partial charge in [-0.05, 0) is 55.2 Å². The van der Waals surface area contributed by atoms with Crippen LogP contribution in [0.3, 0.4) is 0 Å². The predicted molar refractivity (Wildman–Crippen MR) is 133 cm³/mol. The Morgan fingerprint density at radius 2 is 1.44 bits per heavy atom. The molecule has 0 atom stereocenters. The summed E-state index contributed by atoms with van der Waals surface area (Å²) in [4.78, 5) is 9.10. The molecule has 0 saturated carbocycles. The molecule has 0 fully saturated rings. The van der Waals surface area contributed by atoms with E-state index in [1.165, 1.54) is 63.4 Å². The van der Waals surface area contributed by atoms with Crippen LogP contribution in [0.15, 0.2) is 55.1 Å². The van der Waals surface area contributed by atoms with Gasteiger partial charge in [-0.3, -0.25) is 5.10 Å². The van der Waals surface area contributed by atoms with Gasteiger partial charge in [-0.2, -0.15) is 5.10 Å². The summed E-state index contributed by atoms with van der Waals surface area (Å²) in [5, 5.41) is 6.21. The second-order valence-electron chi connectivity index (χ2n) is 8.13. The topological polar surface area (TPSA) is 63.7 Å². The molecule has 0 aliphatic carbocycles. The Bertz CT molecular complexity index is 768. The molecule has 174 valence electrons. The van der Waals surface area contributed by atoms with Gasteiger partial charge in [-0.15, -0.1) is 0 Å². The lowest BCUT2D eigenvalue weighted by atomic mass is 10.1. The molecule has 3 rings (SSSR count). The van der Waals surface area contributed by atoms with Gasteiger partial charge in [0.1, 0.15) is 5.75 Å². The molecule has 0 aliphatic rings. The minimum atomic E-state index is 0.788. The van der Waals surface area contributed by atoms with Crippen LogP contribution in [0.2, 0.25) is 0 Å². The standard InChI is InChI=1S/C24H36N2O.C3H4N2/c1-3-5-7-9-10-11-13-21-19-25-24(26-20-21)22-14-16-23(17-15-22)27-18-12-8-6-4-2;1-2-4-5-3-1/h14-17,19-20H,3-13,18H2,1-2H3;1-3H,(H,4,5). The molecule has 2 heterocycles. The molecule has 1 N–H and O–H groups in total. The van der Waals surface area contributed by atoms with Crippen molar-refractivity contribution in [2.24, 2.45) is 0 Å². The second kappa shape index (κ2) is 16.9. The van der Waals surface area contributed by atoms with E-state index in [4.69, 9.17) is 4.74 Å². The van der Waals surface area contributed by atoms with E-state index < -0.39 is 0 Å². The fourth-order valence-corrected chi connectivity index (χ4v) is 3.38. The van der Waals surface area contributed by atoms with Crippen LogP contribution in [0.5, 0.6) is 5.75 Å². The monoisotopic (exact) mass is 436 g/mol. The summed E-state index contributed by atoms with van der Waals surface area (Å²) in [6.45, 7) is 5.28. The van der Waals surface area contributed by atoms with Crippen LogP contribution in [0.25, 0.3) is 11.4 Å². The number of aromatic amines is 1. The Kier molecular flexibility index (Phi) is 13.5. The summed E-state index contributed by atoms with van der Waals surface area (Å²) in [5.74, 6) is 1.71. The minimum Gasteiger partial charge on any atom is -0.494 e. The normalized spacial score (nSPS) is 10.4. The lowest BCUT2D eigenvalue weighted by Gasteiger charge is -2.07. The summed E-state index contributed by atoms with van der Waals surface area (Å²) in [6.07, 6.45) is 21.3. The van der Waals surface area contributed by atoms with Crippen molar-refractivity contribution in [3.8, 4) is 17.1 Å². The van der Waals surface area contributed by atoms with Crippen LogP contribution in [-0.2, 0) is 6.42 Å². The fourth-order valence-electron chi connectivity index (χ4n) is 3.38. The van der Waals surface area contributed by atoms with E-state index >= 15 is 0 Å². The SMILES string of the molecule is CCCCCCCCc1cnc(-c2ccc(OCCCCCC)cc2)nc1.c1cn[nH]c1. The number of nitrogens with zero attached hydrogens (tertiary/aromatic N) is 3. The maximum atomic E-state index is 5.80. The van der Waals surface area contributed by atoms with E-state index in [1.807, 2.05) is 42.7 Å². The third-order valence-electron chi connectivity index (χ3n) is 5.31. The van der Waals surface area contributed by atoms with E-state index in [9.17, 15) is 0 Å². The van der Waals surface area contributed by atoms with Crippen molar-refractivity contribution in [2.45, 2.75) is 84.5 Å². The molecule has 1 aromatic carbocycles. The van der Waals surface area contributed by atoms with Gasteiger partial charge in [-0.1, -0.05) is 65.2 Å². The Morgan fingerprint density at radius 1 is 0.781 bits per heavy atom. The third kappa shape index (κ3) is 11.1. The van der Waals surface area contributed by atoms with Crippen molar-refractivity contribution in [3.05, 3.63) is 60.7 Å². The number of benzene rings is 1.